The van der Waals surface area contributed by atoms with Gasteiger partial charge in [0.05, 0.1) is 6.04 Å². The van der Waals surface area contributed by atoms with E-state index in [0.717, 1.165) is 17.8 Å². The number of nitrogens with one attached hydrogen (secondary N) is 2. The summed E-state index contributed by atoms with van der Waals surface area (Å²) in [6, 6.07) is 11.7. The lowest BCUT2D eigenvalue weighted by atomic mass is 10.1. The molecule has 2 rings (SSSR count). The molecule has 1 aromatic heterocycles. The molecule has 0 aliphatic carbocycles. The molecule has 22 heavy (non-hydrogen) atoms. The Morgan fingerprint density at radius 3 is 2.50 bits per heavy atom. The molecule has 5 nitrogen and oxygen atoms in total. The van der Waals surface area contributed by atoms with Gasteiger partial charge in [-0.15, -0.1) is 0 Å². The van der Waals surface area contributed by atoms with Gasteiger partial charge in [-0.2, -0.15) is 5.10 Å². The SMILES string of the molecule is CC(C)c1cc(C(=O)NC(CN(C)C)c2ccccc2)n[nH]1. The number of rotatable bonds is 6. The molecule has 1 aromatic carbocycles. The molecule has 5 heteroatoms. The Hall–Kier alpha value is -2.14. The van der Waals surface area contributed by atoms with Gasteiger partial charge in [0.25, 0.3) is 5.91 Å². The molecule has 1 atom stereocenters. The number of H-pyrrole nitrogens is 1. The zero-order valence-corrected chi connectivity index (χ0v) is 13.6. The molecule has 1 amide bonds. The third kappa shape index (κ3) is 4.18. The van der Waals surface area contributed by atoms with Gasteiger partial charge in [-0.3, -0.25) is 9.89 Å². The van der Waals surface area contributed by atoms with Crippen LogP contribution < -0.4 is 5.32 Å². The van der Waals surface area contributed by atoms with Crippen molar-refractivity contribution in [1.29, 1.82) is 0 Å². The van der Waals surface area contributed by atoms with E-state index in [-0.39, 0.29) is 11.9 Å². The second kappa shape index (κ2) is 7.22. The topological polar surface area (TPSA) is 61.0 Å². The van der Waals surface area contributed by atoms with Gasteiger partial charge in [0, 0.05) is 12.2 Å². The van der Waals surface area contributed by atoms with Gasteiger partial charge in [-0.1, -0.05) is 44.2 Å². The van der Waals surface area contributed by atoms with Crippen molar-refractivity contribution in [3.05, 3.63) is 53.3 Å². The van der Waals surface area contributed by atoms with Crippen LogP contribution in [0, 0.1) is 0 Å². The van der Waals surface area contributed by atoms with Crippen molar-refractivity contribution in [1.82, 2.24) is 20.4 Å². The van der Waals surface area contributed by atoms with Crippen LogP contribution in [0.25, 0.3) is 0 Å². The van der Waals surface area contributed by atoms with Gasteiger partial charge < -0.3 is 10.2 Å². The highest BCUT2D eigenvalue weighted by Crippen LogP contribution is 2.16. The lowest BCUT2D eigenvalue weighted by Gasteiger charge is -2.22. The molecule has 2 N–H and O–H groups in total. The van der Waals surface area contributed by atoms with Crippen LogP contribution in [0.1, 0.15) is 47.6 Å². The molecule has 0 radical (unpaired) electrons. The smallest absolute Gasteiger partial charge is 0.272 e. The molecule has 0 aliphatic heterocycles. The summed E-state index contributed by atoms with van der Waals surface area (Å²) in [6.07, 6.45) is 0. The number of amides is 1. The molecule has 1 unspecified atom stereocenters. The maximum atomic E-state index is 12.4. The molecular formula is C17H24N4O. The fourth-order valence-corrected chi connectivity index (χ4v) is 2.27. The lowest BCUT2D eigenvalue weighted by molar-refractivity contribution is 0.0925. The predicted octanol–water partition coefficient (Wildman–Crippen LogP) is 2.57. The normalized spacial score (nSPS) is 12.6. The molecule has 0 saturated heterocycles. The number of hydrogen-bond acceptors (Lipinski definition) is 3. The number of carbonyl (C=O) groups is 1. The van der Waals surface area contributed by atoms with Crippen molar-refractivity contribution in [2.45, 2.75) is 25.8 Å². The monoisotopic (exact) mass is 300 g/mol. The van der Waals surface area contributed by atoms with E-state index in [1.807, 2.05) is 50.5 Å². The Kier molecular flexibility index (Phi) is 5.33. The number of aromatic nitrogens is 2. The Morgan fingerprint density at radius 2 is 1.95 bits per heavy atom. The van der Waals surface area contributed by atoms with E-state index in [0.29, 0.717) is 11.6 Å². The highest BCUT2D eigenvalue weighted by atomic mass is 16.2. The summed E-state index contributed by atoms with van der Waals surface area (Å²) in [7, 11) is 3.99. The molecule has 0 aliphatic rings. The van der Waals surface area contributed by atoms with Gasteiger partial charge in [0.2, 0.25) is 0 Å². The fraction of sp³-hybridized carbons (Fsp3) is 0.412. The van der Waals surface area contributed by atoms with Crippen molar-refractivity contribution in [2.24, 2.45) is 0 Å². The number of nitrogens with zero attached hydrogens (tertiary/aromatic N) is 2. The first-order valence-corrected chi connectivity index (χ1v) is 7.53. The molecule has 0 bridgehead atoms. The van der Waals surface area contributed by atoms with Crippen LogP contribution in [0.3, 0.4) is 0 Å². The fourth-order valence-electron chi connectivity index (χ4n) is 2.27. The lowest BCUT2D eigenvalue weighted by Crippen LogP contribution is -2.35. The Labute approximate surface area is 131 Å². The number of likely N-dealkylation sites (N-methyl/N-ethyl adjacent to an activating group) is 1. The summed E-state index contributed by atoms with van der Waals surface area (Å²) in [6.45, 7) is 4.86. The average Bonchev–Trinajstić information content (AvgIpc) is 2.97. The van der Waals surface area contributed by atoms with Crippen LogP contribution in [0.5, 0.6) is 0 Å². The number of benzene rings is 1. The van der Waals surface area contributed by atoms with Crippen molar-refractivity contribution < 1.29 is 4.79 Å². The van der Waals surface area contributed by atoms with Gasteiger partial charge in [0.1, 0.15) is 5.69 Å². The first-order valence-electron chi connectivity index (χ1n) is 7.53. The summed E-state index contributed by atoms with van der Waals surface area (Å²) in [5.74, 6) is 0.166. The summed E-state index contributed by atoms with van der Waals surface area (Å²) >= 11 is 0. The van der Waals surface area contributed by atoms with Crippen molar-refractivity contribution in [3.63, 3.8) is 0 Å². The van der Waals surface area contributed by atoms with Crippen LogP contribution in [0.2, 0.25) is 0 Å². The van der Waals surface area contributed by atoms with E-state index in [2.05, 4.69) is 34.3 Å². The first-order chi connectivity index (χ1) is 10.5. The summed E-state index contributed by atoms with van der Waals surface area (Å²) < 4.78 is 0. The second-order valence-electron chi connectivity index (χ2n) is 6.06. The maximum Gasteiger partial charge on any atom is 0.272 e. The largest absolute Gasteiger partial charge is 0.343 e. The molecule has 0 fully saturated rings. The van der Waals surface area contributed by atoms with Crippen molar-refractivity contribution in [3.8, 4) is 0 Å². The first kappa shape index (κ1) is 16.2. The second-order valence-corrected chi connectivity index (χ2v) is 6.06. The minimum atomic E-state index is -0.154. The van der Waals surface area contributed by atoms with E-state index >= 15 is 0 Å². The summed E-state index contributed by atoms with van der Waals surface area (Å²) in [4.78, 5) is 14.5. The van der Waals surface area contributed by atoms with Crippen molar-refractivity contribution in [2.75, 3.05) is 20.6 Å². The number of carbonyl (C=O) groups excluding carboxylic acids is 1. The van der Waals surface area contributed by atoms with E-state index < -0.39 is 0 Å². The van der Waals surface area contributed by atoms with Crippen LogP contribution in [-0.4, -0.2) is 41.6 Å². The van der Waals surface area contributed by atoms with E-state index in [4.69, 9.17) is 0 Å². The van der Waals surface area contributed by atoms with Crippen LogP contribution >= 0.6 is 0 Å². The Morgan fingerprint density at radius 1 is 1.27 bits per heavy atom. The molecular weight excluding hydrogens is 276 g/mol. The zero-order valence-electron chi connectivity index (χ0n) is 13.6. The zero-order chi connectivity index (χ0) is 16.1. The van der Waals surface area contributed by atoms with Gasteiger partial charge in [-0.05, 0) is 31.6 Å². The number of hydrogen-bond donors (Lipinski definition) is 2. The third-order valence-corrected chi connectivity index (χ3v) is 3.51. The van der Waals surface area contributed by atoms with E-state index in [9.17, 15) is 4.79 Å². The Bertz CT molecular complexity index is 604. The van der Waals surface area contributed by atoms with Gasteiger partial charge >= 0.3 is 0 Å². The minimum absolute atomic E-state index is 0.0668. The van der Waals surface area contributed by atoms with Gasteiger partial charge in [0.15, 0.2) is 0 Å². The quantitative estimate of drug-likeness (QED) is 0.862. The highest BCUT2D eigenvalue weighted by Gasteiger charge is 2.18. The molecule has 118 valence electrons. The predicted molar refractivity (Wildman–Crippen MR) is 87.9 cm³/mol. The molecule has 2 aromatic rings. The van der Waals surface area contributed by atoms with E-state index in [1.54, 1.807) is 0 Å². The summed E-state index contributed by atoms with van der Waals surface area (Å²) in [5, 5.41) is 10.1. The van der Waals surface area contributed by atoms with Gasteiger partial charge in [-0.25, -0.2) is 0 Å². The molecule has 0 saturated carbocycles. The van der Waals surface area contributed by atoms with E-state index in [1.165, 1.54) is 0 Å². The Balaban J connectivity index is 2.13. The van der Waals surface area contributed by atoms with Crippen molar-refractivity contribution >= 4 is 5.91 Å². The minimum Gasteiger partial charge on any atom is -0.343 e. The molecule has 1 heterocycles. The maximum absolute atomic E-state index is 12.4. The summed E-state index contributed by atoms with van der Waals surface area (Å²) in [5.41, 5.74) is 2.49. The standard InChI is InChI=1S/C17H24N4O/c1-12(2)14-10-15(20-19-14)17(22)18-16(11-21(3)4)13-8-6-5-7-9-13/h5-10,12,16H,11H2,1-4H3,(H,18,22)(H,19,20). The molecule has 0 spiro atoms. The average molecular weight is 300 g/mol. The van der Waals surface area contributed by atoms with Crippen LogP contribution in [0.15, 0.2) is 36.4 Å². The third-order valence-electron chi connectivity index (χ3n) is 3.51. The van der Waals surface area contributed by atoms with Crippen LogP contribution in [-0.2, 0) is 0 Å². The highest BCUT2D eigenvalue weighted by molar-refractivity contribution is 5.92. The number of aromatic amines is 1. The van der Waals surface area contributed by atoms with Crippen LogP contribution in [0.4, 0.5) is 0 Å².